The molecule has 2 N–H and O–H groups in total. The molecule has 0 bridgehead atoms. The molecule has 2 heterocycles. The van der Waals surface area contributed by atoms with E-state index in [-0.39, 0.29) is 11.8 Å². The highest BCUT2D eigenvalue weighted by atomic mass is 35.5. The van der Waals surface area contributed by atoms with Gasteiger partial charge in [0.1, 0.15) is 0 Å². The molecule has 2 fully saturated rings. The number of anilines is 2. The molecule has 0 radical (unpaired) electrons. The maximum Gasteiger partial charge on any atom is 0.255 e. The summed E-state index contributed by atoms with van der Waals surface area (Å²) in [5.74, 6) is 0.294. The number of aryl methyl sites for hydroxylation is 1. The first-order valence-corrected chi connectivity index (χ1v) is 15.9. The number of benzene rings is 3. The first kappa shape index (κ1) is 31.3. The highest BCUT2D eigenvalue weighted by Crippen LogP contribution is 2.30. The van der Waals surface area contributed by atoms with Gasteiger partial charge < -0.3 is 20.4 Å². The van der Waals surface area contributed by atoms with Crippen LogP contribution in [0.1, 0.15) is 44.7 Å². The molecule has 2 amide bonds. The van der Waals surface area contributed by atoms with Crippen molar-refractivity contribution in [3.05, 3.63) is 93.0 Å². The van der Waals surface area contributed by atoms with Gasteiger partial charge in [0.25, 0.3) is 11.8 Å². The van der Waals surface area contributed by atoms with E-state index in [0.29, 0.717) is 39.8 Å². The van der Waals surface area contributed by atoms with Gasteiger partial charge in [0, 0.05) is 60.4 Å². The maximum absolute atomic E-state index is 13.3. The minimum absolute atomic E-state index is 0.198. The van der Waals surface area contributed by atoms with Gasteiger partial charge in [-0.3, -0.25) is 14.5 Å². The molecule has 3 aromatic rings. The Kier molecular flexibility index (Phi) is 10.6. The Labute approximate surface area is 265 Å². The Morgan fingerprint density at radius 1 is 0.860 bits per heavy atom. The summed E-state index contributed by atoms with van der Waals surface area (Å²) in [5, 5.41) is 7.27. The fraction of sp³-hybridized carbons (Fsp3) is 0.412. The van der Waals surface area contributed by atoms with E-state index < -0.39 is 0 Å². The summed E-state index contributed by atoms with van der Waals surface area (Å²) in [6.45, 7) is 9.61. The number of hydrogen-bond donors (Lipinski definition) is 2. The van der Waals surface area contributed by atoms with Crippen LogP contribution < -0.4 is 15.5 Å². The van der Waals surface area contributed by atoms with Gasteiger partial charge in [-0.2, -0.15) is 0 Å². The largest absolute Gasteiger partial charge is 0.367 e. The summed E-state index contributed by atoms with van der Waals surface area (Å²) in [4.78, 5) is 33.7. The number of halogens is 2. The predicted molar refractivity (Wildman–Crippen MR) is 177 cm³/mol. The maximum atomic E-state index is 13.3. The number of amides is 2. The van der Waals surface area contributed by atoms with Crippen LogP contribution in [0.2, 0.25) is 10.0 Å². The Balaban J connectivity index is 1.27. The Bertz CT molecular complexity index is 1430. The molecule has 0 aromatic heterocycles. The summed E-state index contributed by atoms with van der Waals surface area (Å²) in [6, 6.07) is 18.4. The average Bonchev–Trinajstić information content (AvgIpc) is 3.00. The van der Waals surface area contributed by atoms with E-state index in [1.165, 1.54) is 25.9 Å². The van der Waals surface area contributed by atoms with Gasteiger partial charge in [-0.05, 0) is 106 Å². The van der Waals surface area contributed by atoms with Crippen LogP contribution in [0.4, 0.5) is 11.4 Å². The first-order chi connectivity index (χ1) is 20.7. The molecule has 228 valence electrons. The molecule has 2 aliphatic heterocycles. The van der Waals surface area contributed by atoms with E-state index in [9.17, 15) is 9.59 Å². The molecule has 7 nitrogen and oxygen atoms in total. The molecule has 0 spiro atoms. The van der Waals surface area contributed by atoms with Gasteiger partial charge in [-0.1, -0.05) is 41.4 Å². The lowest BCUT2D eigenvalue weighted by molar-refractivity contribution is 0.0952. The molecule has 2 saturated heterocycles. The topological polar surface area (TPSA) is 67.9 Å². The third-order valence-corrected chi connectivity index (χ3v) is 9.14. The minimum Gasteiger partial charge on any atom is -0.367 e. The highest BCUT2D eigenvalue weighted by Gasteiger charge is 2.25. The number of likely N-dealkylation sites (tertiary alicyclic amines) is 1. The molecule has 5 rings (SSSR count). The normalized spacial score (nSPS) is 16.7. The number of nitrogens with zero attached hydrogens (tertiary/aromatic N) is 3. The molecule has 2 aliphatic rings. The molecule has 9 heteroatoms. The van der Waals surface area contributed by atoms with Crippen molar-refractivity contribution >= 4 is 46.4 Å². The van der Waals surface area contributed by atoms with Crippen molar-refractivity contribution in [2.75, 3.05) is 69.6 Å². The molecule has 43 heavy (non-hydrogen) atoms. The van der Waals surface area contributed by atoms with Crippen molar-refractivity contribution < 1.29 is 9.59 Å². The fourth-order valence-electron chi connectivity index (χ4n) is 5.93. The molecule has 0 unspecified atom stereocenters. The summed E-state index contributed by atoms with van der Waals surface area (Å²) in [5.41, 5.74) is 4.57. The second kappa shape index (κ2) is 14.6. The van der Waals surface area contributed by atoms with Crippen LogP contribution in [0.5, 0.6) is 0 Å². The van der Waals surface area contributed by atoms with Crippen molar-refractivity contribution in [2.24, 2.45) is 5.92 Å². The predicted octanol–water partition coefficient (Wildman–Crippen LogP) is 5.99. The number of carbonyl (C=O) groups is 2. The van der Waals surface area contributed by atoms with Crippen LogP contribution in [-0.2, 0) is 6.42 Å². The van der Waals surface area contributed by atoms with Crippen LogP contribution in [0.3, 0.4) is 0 Å². The first-order valence-electron chi connectivity index (χ1n) is 15.1. The zero-order chi connectivity index (χ0) is 30.3. The van der Waals surface area contributed by atoms with Gasteiger partial charge in [-0.15, -0.1) is 0 Å². The second-order valence-corrected chi connectivity index (χ2v) is 12.7. The lowest BCUT2D eigenvalue weighted by atomic mass is 9.96. The third-order valence-electron chi connectivity index (χ3n) is 8.55. The lowest BCUT2D eigenvalue weighted by Crippen LogP contribution is -2.49. The van der Waals surface area contributed by atoms with Gasteiger partial charge in [-0.25, -0.2) is 0 Å². The summed E-state index contributed by atoms with van der Waals surface area (Å²) < 4.78 is 0. The van der Waals surface area contributed by atoms with Gasteiger partial charge >= 0.3 is 0 Å². The quantitative estimate of drug-likeness (QED) is 0.307. The van der Waals surface area contributed by atoms with Crippen LogP contribution in [-0.4, -0.2) is 81.0 Å². The smallest absolute Gasteiger partial charge is 0.255 e. The number of piperazine rings is 1. The van der Waals surface area contributed by atoms with Crippen molar-refractivity contribution in [1.29, 1.82) is 0 Å². The van der Waals surface area contributed by atoms with E-state index in [0.717, 1.165) is 55.5 Å². The van der Waals surface area contributed by atoms with Crippen molar-refractivity contribution in [3.8, 4) is 0 Å². The van der Waals surface area contributed by atoms with Crippen molar-refractivity contribution in [1.82, 2.24) is 15.1 Å². The minimum atomic E-state index is -0.267. The fourth-order valence-corrected chi connectivity index (χ4v) is 6.45. The average molecular weight is 623 g/mol. The molecular formula is C34H41Cl2N5O2. The summed E-state index contributed by atoms with van der Waals surface area (Å²) >= 11 is 12.5. The van der Waals surface area contributed by atoms with Crippen molar-refractivity contribution in [3.63, 3.8) is 0 Å². The monoisotopic (exact) mass is 621 g/mol. The molecular weight excluding hydrogens is 581 g/mol. The van der Waals surface area contributed by atoms with Crippen LogP contribution >= 0.6 is 23.2 Å². The number of piperidine rings is 1. The number of carbonyl (C=O) groups excluding carboxylic acids is 2. The SMILES string of the molecule is Cc1ccc(CCNC(=O)c2ccc(N3CCN(CC4CCN(C)CC4)CC3)c(NC(=O)c3cccc(Cl)c3)c2)c(Cl)c1. The molecule has 3 aromatic carbocycles. The third kappa shape index (κ3) is 8.51. The number of nitrogens with one attached hydrogen (secondary N) is 2. The van der Waals surface area contributed by atoms with Gasteiger partial charge in [0.05, 0.1) is 11.4 Å². The van der Waals surface area contributed by atoms with Crippen LogP contribution in [0.25, 0.3) is 0 Å². The summed E-state index contributed by atoms with van der Waals surface area (Å²) in [7, 11) is 2.20. The molecule has 0 atom stereocenters. The highest BCUT2D eigenvalue weighted by molar-refractivity contribution is 6.31. The standard InChI is InChI=1S/C34H41Cl2N5O2/c1-24-6-7-26(30(36)20-24)10-13-37-33(42)28-8-9-32(31(22-28)38-34(43)27-4-3-5-29(35)21-27)41-18-16-40(17-19-41)23-25-11-14-39(2)15-12-25/h3-9,20-22,25H,10-19,23H2,1-2H3,(H,37,42)(H,38,43). The molecule has 0 saturated carbocycles. The Morgan fingerprint density at radius 2 is 1.60 bits per heavy atom. The molecule has 0 aliphatic carbocycles. The van der Waals surface area contributed by atoms with Crippen LogP contribution in [0, 0.1) is 12.8 Å². The number of rotatable bonds is 9. The van der Waals surface area contributed by atoms with Gasteiger partial charge in [0.15, 0.2) is 0 Å². The van der Waals surface area contributed by atoms with E-state index in [4.69, 9.17) is 23.2 Å². The Hall–Kier alpha value is -3.10. The van der Waals surface area contributed by atoms with E-state index in [2.05, 4.69) is 32.4 Å². The zero-order valence-electron chi connectivity index (χ0n) is 25.0. The van der Waals surface area contributed by atoms with E-state index >= 15 is 0 Å². The van der Waals surface area contributed by atoms with Crippen molar-refractivity contribution in [2.45, 2.75) is 26.2 Å². The van der Waals surface area contributed by atoms with Gasteiger partial charge in [0.2, 0.25) is 0 Å². The lowest BCUT2D eigenvalue weighted by Gasteiger charge is -2.39. The van der Waals surface area contributed by atoms with E-state index in [1.807, 2.05) is 37.3 Å². The van der Waals surface area contributed by atoms with Crippen LogP contribution in [0.15, 0.2) is 60.7 Å². The van der Waals surface area contributed by atoms with E-state index in [1.54, 1.807) is 30.3 Å². The Morgan fingerprint density at radius 3 is 2.33 bits per heavy atom. The number of hydrogen-bond acceptors (Lipinski definition) is 5. The zero-order valence-corrected chi connectivity index (χ0v) is 26.6. The second-order valence-electron chi connectivity index (χ2n) is 11.8. The summed E-state index contributed by atoms with van der Waals surface area (Å²) in [6.07, 6.45) is 3.15.